The van der Waals surface area contributed by atoms with Crippen molar-refractivity contribution in [3.63, 3.8) is 0 Å². The summed E-state index contributed by atoms with van der Waals surface area (Å²) in [4.78, 5) is 34.8. The second kappa shape index (κ2) is 8.74. The molecule has 9 nitrogen and oxygen atoms in total. The Hall–Kier alpha value is -4.08. The number of aromatic nitrogens is 2. The third-order valence-electron chi connectivity index (χ3n) is 3.93. The minimum absolute atomic E-state index is 0.000355. The molecule has 10 heteroatoms. The highest BCUT2D eigenvalue weighted by Gasteiger charge is 2.13. The van der Waals surface area contributed by atoms with E-state index in [1.165, 1.54) is 42.5 Å². The molecule has 0 aliphatic heterocycles. The van der Waals surface area contributed by atoms with Crippen LogP contribution in [0.3, 0.4) is 0 Å². The molecule has 0 aliphatic rings. The number of halogens is 1. The highest BCUT2D eigenvalue weighted by atomic mass is 19.1. The van der Waals surface area contributed by atoms with Gasteiger partial charge in [-0.15, -0.1) is 0 Å². The van der Waals surface area contributed by atoms with Gasteiger partial charge in [-0.3, -0.25) is 19.7 Å². The van der Waals surface area contributed by atoms with Crippen molar-refractivity contribution in [2.24, 2.45) is 0 Å². The molecule has 0 unspecified atom stereocenters. The van der Waals surface area contributed by atoms with Gasteiger partial charge in [0.2, 0.25) is 0 Å². The van der Waals surface area contributed by atoms with E-state index in [1.807, 2.05) is 0 Å². The number of hydrogen-bond donors (Lipinski definition) is 2. The molecule has 1 aromatic heterocycles. The molecule has 0 radical (unpaired) electrons. The fourth-order valence-electron chi connectivity index (χ4n) is 2.55. The molecule has 0 bridgehead atoms. The number of amides is 1. The van der Waals surface area contributed by atoms with Crippen LogP contribution in [0.15, 0.2) is 65.5 Å². The summed E-state index contributed by atoms with van der Waals surface area (Å²) in [6.45, 7) is 0.413. The van der Waals surface area contributed by atoms with Crippen LogP contribution in [-0.2, 0) is 0 Å². The number of nitrogens with zero attached hydrogens (tertiary/aromatic N) is 3. The van der Waals surface area contributed by atoms with E-state index in [-0.39, 0.29) is 24.5 Å². The standard InChI is InChI=1S/C19H16FN5O4/c20-13-5-7-14(8-6-13)24-18(26)10-9-16(23-24)19(27)22-12-11-21-15-3-1-2-4-17(15)25(28)29/h1-10,21H,11-12H2,(H,22,27). The molecule has 0 saturated heterocycles. The zero-order chi connectivity index (χ0) is 20.8. The molecule has 0 atom stereocenters. The molecule has 2 N–H and O–H groups in total. The van der Waals surface area contributed by atoms with Crippen LogP contribution in [0.2, 0.25) is 0 Å². The molecule has 0 aliphatic carbocycles. The Balaban J connectivity index is 1.63. The highest BCUT2D eigenvalue weighted by Crippen LogP contribution is 2.22. The van der Waals surface area contributed by atoms with E-state index in [1.54, 1.807) is 18.2 Å². The predicted molar refractivity (Wildman–Crippen MR) is 104 cm³/mol. The van der Waals surface area contributed by atoms with Gasteiger partial charge in [0.25, 0.3) is 17.2 Å². The first kappa shape index (κ1) is 19.7. The lowest BCUT2D eigenvalue weighted by Crippen LogP contribution is -2.32. The fraction of sp³-hybridized carbons (Fsp3) is 0.105. The Morgan fingerprint density at radius 3 is 2.52 bits per heavy atom. The van der Waals surface area contributed by atoms with Gasteiger partial charge in [0.05, 0.1) is 10.6 Å². The van der Waals surface area contributed by atoms with E-state index in [0.717, 1.165) is 4.68 Å². The van der Waals surface area contributed by atoms with E-state index >= 15 is 0 Å². The normalized spacial score (nSPS) is 10.4. The smallest absolute Gasteiger partial charge is 0.292 e. The molecule has 2 aromatic carbocycles. The summed E-state index contributed by atoms with van der Waals surface area (Å²) in [5, 5.41) is 20.5. The van der Waals surface area contributed by atoms with E-state index in [2.05, 4.69) is 15.7 Å². The van der Waals surface area contributed by atoms with Crippen LogP contribution in [0.5, 0.6) is 0 Å². The van der Waals surface area contributed by atoms with Crippen LogP contribution in [-0.4, -0.2) is 33.7 Å². The van der Waals surface area contributed by atoms with Gasteiger partial charge >= 0.3 is 0 Å². The molecule has 1 amide bonds. The van der Waals surface area contributed by atoms with Crippen molar-refractivity contribution in [2.45, 2.75) is 0 Å². The lowest BCUT2D eigenvalue weighted by molar-refractivity contribution is -0.384. The van der Waals surface area contributed by atoms with Gasteiger partial charge in [0.1, 0.15) is 17.2 Å². The molecule has 0 fully saturated rings. The molecule has 148 valence electrons. The lowest BCUT2D eigenvalue weighted by Gasteiger charge is -2.09. The van der Waals surface area contributed by atoms with Gasteiger partial charge in [-0.25, -0.2) is 4.39 Å². The van der Waals surface area contributed by atoms with Crippen molar-refractivity contribution < 1.29 is 14.1 Å². The molecule has 3 aromatic rings. The number of hydrogen-bond acceptors (Lipinski definition) is 6. The van der Waals surface area contributed by atoms with Crippen molar-refractivity contribution in [1.29, 1.82) is 0 Å². The van der Waals surface area contributed by atoms with Crippen LogP contribution in [0.4, 0.5) is 15.8 Å². The first-order valence-electron chi connectivity index (χ1n) is 8.57. The minimum atomic E-state index is -0.523. The first-order chi connectivity index (χ1) is 14.0. The summed E-state index contributed by atoms with van der Waals surface area (Å²) in [5.41, 5.74) is 0.136. The van der Waals surface area contributed by atoms with Crippen LogP contribution in [0.1, 0.15) is 10.5 Å². The second-order valence-corrected chi connectivity index (χ2v) is 5.90. The number of rotatable bonds is 7. The Morgan fingerprint density at radius 1 is 1.07 bits per heavy atom. The van der Waals surface area contributed by atoms with E-state index < -0.39 is 22.2 Å². The first-order valence-corrected chi connectivity index (χ1v) is 8.57. The van der Waals surface area contributed by atoms with Crippen LogP contribution >= 0.6 is 0 Å². The second-order valence-electron chi connectivity index (χ2n) is 5.90. The number of carbonyl (C=O) groups is 1. The SMILES string of the molecule is O=C(NCCNc1ccccc1[N+](=O)[O-])c1ccc(=O)n(-c2ccc(F)cc2)n1. The molecule has 29 heavy (non-hydrogen) atoms. The Kier molecular flexibility index (Phi) is 5.93. The summed E-state index contributed by atoms with van der Waals surface area (Å²) in [6, 6.07) is 13.8. The van der Waals surface area contributed by atoms with Gasteiger partial charge < -0.3 is 10.6 Å². The largest absolute Gasteiger partial charge is 0.378 e. The van der Waals surface area contributed by atoms with Crippen LogP contribution in [0.25, 0.3) is 5.69 Å². The zero-order valence-corrected chi connectivity index (χ0v) is 15.0. The highest BCUT2D eigenvalue weighted by molar-refractivity contribution is 5.92. The number of carbonyl (C=O) groups excluding carboxylic acids is 1. The van der Waals surface area contributed by atoms with Crippen molar-refractivity contribution in [3.05, 3.63) is 92.6 Å². The third kappa shape index (κ3) is 4.80. The molecular weight excluding hydrogens is 381 g/mol. The van der Waals surface area contributed by atoms with E-state index in [0.29, 0.717) is 11.4 Å². The Labute approximate surface area is 163 Å². The van der Waals surface area contributed by atoms with Gasteiger partial charge in [0, 0.05) is 25.2 Å². The maximum Gasteiger partial charge on any atom is 0.292 e. The van der Waals surface area contributed by atoms with Crippen molar-refractivity contribution in [2.75, 3.05) is 18.4 Å². The number of nitro benzene ring substituents is 1. The van der Waals surface area contributed by atoms with Crippen LogP contribution < -0.4 is 16.2 Å². The van der Waals surface area contributed by atoms with E-state index in [4.69, 9.17) is 0 Å². The average molecular weight is 397 g/mol. The number of benzene rings is 2. The van der Waals surface area contributed by atoms with Crippen molar-refractivity contribution in [3.8, 4) is 5.69 Å². The topological polar surface area (TPSA) is 119 Å². The molecule has 1 heterocycles. The summed E-state index contributed by atoms with van der Waals surface area (Å²) in [6.07, 6.45) is 0. The summed E-state index contributed by atoms with van der Waals surface area (Å²) in [7, 11) is 0. The average Bonchev–Trinajstić information content (AvgIpc) is 2.72. The van der Waals surface area contributed by atoms with Gasteiger partial charge in [-0.1, -0.05) is 12.1 Å². The molecule has 3 rings (SSSR count). The fourth-order valence-corrected chi connectivity index (χ4v) is 2.55. The van der Waals surface area contributed by atoms with E-state index in [9.17, 15) is 24.1 Å². The molecule has 0 saturated carbocycles. The predicted octanol–water partition coefficient (Wildman–Crippen LogP) is 2.12. The Morgan fingerprint density at radius 2 is 1.79 bits per heavy atom. The molecular formula is C19H16FN5O4. The van der Waals surface area contributed by atoms with Crippen molar-refractivity contribution in [1.82, 2.24) is 15.1 Å². The Bertz CT molecular complexity index is 1100. The third-order valence-corrected chi connectivity index (χ3v) is 3.93. The van der Waals surface area contributed by atoms with Crippen LogP contribution in [0, 0.1) is 15.9 Å². The summed E-state index contributed by atoms with van der Waals surface area (Å²) < 4.78 is 14.1. The minimum Gasteiger partial charge on any atom is -0.378 e. The number of anilines is 1. The summed E-state index contributed by atoms with van der Waals surface area (Å²) in [5.74, 6) is -0.980. The van der Waals surface area contributed by atoms with Gasteiger partial charge in [0.15, 0.2) is 0 Å². The number of nitro groups is 1. The maximum absolute atomic E-state index is 13.1. The van der Waals surface area contributed by atoms with Gasteiger partial charge in [-0.05, 0) is 36.4 Å². The maximum atomic E-state index is 13.1. The quantitative estimate of drug-likeness (QED) is 0.358. The zero-order valence-electron chi connectivity index (χ0n) is 15.0. The monoisotopic (exact) mass is 397 g/mol. The number of para-hydroxylation sites is 2. The number of nitrogens with one attached hydrogen (secondary N) is 2. The van der Waals surface area contributed by atoms with Gasteiger partial charge in [-0.2, -0.15) is 9.78 Å². The summed E-state index contributed by atoms with van der Waals surface area (Å²) >= 11 is 0. The molecule has 0 spiro atoms. The lowest BCUT2D eigenvalue weighted by atomic mass is 10.2. The van der Waals surface area contributed by atoms with Crippen molar-refractivity contribution >= 4 is 17.3 Å².